The number of rotatable bonds is 6. The molecule has 2 saturated heterocycles. The Morgan fingerprint density at radius 2 is 1.72 bits per heavy atom. The lowest BCUT2D eigenvalue weighted by atomic mass is 10.0. The molecule has 0 aliphatic carbocycles. The number of ketones is 1. The van der Waals surface area contributed by atoms with Gasteiger partial charge in [-0.05, 0) is 50.9 Å². The van der Waals surface area contributed by atoms with Gasteiger partial charge >= 0.3 is 0 Å². The maximum Gasteiger partial charge on any atom is 0.246 e. The Morgan fingerprint density at radius 1 is 1.04 bits per heavy atom. The van der Waals surface area contributed by atoms with Gasteiger partial charge in [0.2, 0.25) is 5.91 Å². The second kappa shape index (κ2) is 8.43. The number of hydrogen-bond donors (Lipinski definition) is 0. The Morgan fingerprint density at radius 3 is 2.44 bits per heavy atom. The average Bonchev–Trinajstić information content (AvgIpc) is 3.23. The minimum Gasteiger partial charge on any atom is -0.336 e. The first-order valence-electron chi connectivity index (χ1n) is 9.39. The smallest absolute Gasteiger partial charge is 0.246 e. The lowest BCUT2D eigenvalue weighted by Crippen LogP contribution is -2.36. The molecule has 134 valence electrons. The van der Waals surface area contributed by atoms with Crippen molar-refractivity contribution in [1.82, 2.24) is 9.80 Å². The van der Waals surface area contributed by atoms with E-state index in [1.807, 2.05) is 41.3 Å². The quantitative estimate of drug-likeness (QED) is 0.747. The van der Waals surface area contributed by atoms with Crippen LogP contribution in [0.2, 0.25) is 0 Å². The highest BCUT2D eigenvalue weighted by molar-refractivity contribution is 5.92. The molecule has 4 nitrogen and oxygen atoms in total. The van der Waals surface area contributed by atoms with Gasteiger partial charge in [-0.3, -0.25) is 9.59 Å². The van der Waals surface area contributed by atoms with Crippen LogP contribution in [0.3, 0.4) is 0 Å². The molecule has 3 rings (SSSR count). The number of nitrogens with zero attached hydrogens (tertiary/aromatic N) is 2. The zero-order valence-corrected chi connectivity index (χ0v) is 15.1. The lowest BCUT2D eigenvalue weighted by Gasteiger charge is -2.24. The molecule has 2 aliphatic rings. The SMILES string of the molecule is CN1CCC[C@H]1CC(=O)C[C@@H]1CCCN1C(=O)C=Cc1ccccc1. The first-order chi connectivity index (χ1) is 12.1. The molecule has 25 heavy (non-hydrogen) atoms. The molecule has 2 fully saturated rings. The van der Waals surface area contributed by atoms with Crippen molar-refractivity contribution < 1.29 is 9.59 Å². The highest BCUT2D eigenvalue weighted by Gasteiger charge is 2.31. The van der Waals surface area contributed by atoms with Crippen molar-refractivity contribution in [3.63, 3.8) is 0 Å². The Hall–Kier alpha value is -1.94. The molecule has 0 bridgehead atoms. The van der Waals surface area contributed by atoms with E-state index in [-0.39, 0.29) is 11.9 Å². The molecule has 2 heterocycles. The van der Waals surface area contributed by atoms with Crippen LogP contribution >= 0.6 is 0 Å². The minimum absolute atomic E-state index is 0.0251. The molecule has 0 aromatic heterocycles. The monoisotopic (exact) mass is 340 g/mol. The molecule has 2 atom stereocenters. The molecule has 2 aliphatic heterocycles. The molecular weight excluding hydrogens is 312 g/mol. The van der Waals surface area contributed by atoms with Crippen LogP contribution in [0.4, 0.5) is 0 Å². The summed E-state index contributed by atoms with van der Waals surface area (Å²) in [5, 5.41) is 0. The van der Waals surface area contributed by atoms with Crippen molar-refractivity contribution in [1.29, 1.82) is 0 Å². The van der Waals surface area contributed by atoms with Crippen LogP contribution in [0.25, 0.3) is 6.08 Å². The summed E-state index contributed by atoms with van der Waals surface area (Å²) in [6.07, 6.45) is 8.88. The molecule has 0 radical (unpaired) electrons. The van der Waals surface area contributed by atoms with Crippen LogP contribution in [0.5, 0.6) is 0 Å². The van der Waals surface area contributed by atoms with E-state index in [9.17, 15) is 9.59 Å². The van der Waals surface area contributed by atoms with Gasteiger partial charge in [-0.15, -0.1) is 0 Å². The maximum atomic E-state index is 12.5. The summed E-state index contributed by atoms with van der Waals surface area (Å²) >= 11 is 0. The van der Waals surface area contributed by atoms with Crippen LogP contribution in [-0.2, 0) is 9.59 Å². The van der Waals surface area contributed by atoms with E-state index in [4.69, 9.17) is 0 Å². The summed E-state index contributed by atoms with van der Waals surface area (Å²) < 4.78 is 0. The van der Waals surface area contributed by atoms with Gasteiger partial charge in [0.1, 0.15) is 5.78 Å². The van der Waals surface area contributed by atoms with Gasteiger partial charge in [-0.2, -0.15) is 0 Å². The molecule has 1 aromatic carbocycles. The van der Waals surface area contributed by atoms with Crippen molar-refractivity contribution >= 4 is 17.8 Å². The Balaban J connectivity index is 1.53. The van der Waals surface area contributed by atoms with E-state index in [2.05, 4.69) is 11.9 Å². The average molecular weight is 340 g/mol. The second-order valence-corrected chi connectivity index (χ2v) is 7.30. The predicted octanol–water partition coefficient (Wildman–Crippen LogP) is 3.13. The van der Waals surface area contributed by atoms with Crippen LogP contribution in [0.1, 0.15) is 44.1 Å². The number of hydrogen-bond acceptors (Lipinski definition) is 3. The molecule has 1 amide bonds. The zero-order chi connectivity index (χ0) is 17.6. The predicted molar refractivity (Wildman–Crippen MR) is 100 cm³/mol. The summed E-state index contributed by atoms with van der Waals surface area (Å²) in [5.74, 6) is 0.327. The summed E-state index contributed by atoms with van der Waals surface area (Å²) in [6.45, 7) is 1.86. The highest BCUT2D eigenvalue weighted by Crippen LogP contribution is 2.24. The molecule has 0 unspecified atom stereocenters. The normalized spacial score (nSPS) is 24.3. The maximum absolute atomic E-state index is 12.5. The number of carbonyl (C=O) groups is 2. The van der Waals surface area contributed by atoms with Crippen molar-refractivity contribution in [3.8, 4) is 0 Å². The van der Waals surface area contributed by atoms with Crippen LogP contribution < -0.4 is 0 Å². The molecule has 0 N–H and O–H groups in total. The summed E-state index contributed by atoms with van der Waals surface area (Å²) in [6, 6.07) is 10.3. The van der Waals surface area contributed by atoms with E-state index >= 15 is 0 Å². The Labute approximate surface area is 150 Å². The van der Waals surface area contributed by atoms with E-state index in [0.29, 0.717) is 24.7 Å². The topological polar surface area (TPSA) is 40.6 Å². The van der Waals surface area contributed by atoms with Gasteiger partial charge in [-0.25, -0.2) is 0 Å². The molecule has 4 heteroatoms. The standard InChI is InChI=1S/C21H28N2O2/c1-22-13-5-9-18(22)15-20(24)16-19-10-6-14-23(19)21(25)12-11-17-7-3-2-4-8-17/h2-4,7-8,11-12,18-19H,5-6,9-10,13-16H2,1H3/t18-,19-/m0/s1. The van der Waals surface area contributed by atoms with E-state index in [1.165, 1.54) is 6.42 Å². The number of benzene rings is 1. The third-order valence-electron chi connectivity index (χ3n) is 5.48. The largest absolute Gasteiger partial charge is 0.336 e. The van der Waals surface area contributed by atoms with Crippen LogP contribution in [-0.4, -0.2) is 53.7 Å². The Bertz CT molecular complexity index is 626. The lowest BCUT2D eigenvalue weighted by molar-refractivity contribution is -0.128. The van der Waals surface area contributed by atoms with Gasteiger partial charge in [-0.1, -0.05) is 30.3 Å². The van der Waals surface area contributed by atoms with Crippen LogP contribution in [0, 0.1) is 0 Å². The highest BCUT2D eigenvalue weighted by atomic mass is 16.2. The summed E-state index contributed by atoms with van der Waals surface area (Å²) in [7, 11) is 2.10. The minimum atomic E-state index is 0.0251. The van der Waals surface area contributed by atoms with Gasteiger partial charge in [0.15, 0.2) is 0 Å². The second-order valence-electron chi connectivity index (χ2n) is 7.30. The number of carbonyl (C=O) groups excluding carboxylic acids is 2. The molecule has 0 saturated carbocycles. The first kappa shape index (κ1) is 17.9. The van der Waals surface area contributed by atoms with Gasteiger partial charge in [0.05, 0.1) is 0 Å². The van der Waals surface area contributed by atoms with Crippen molar-refractivity contribution in [2.45, 2.75) is 50.6 Å². The van der Waals surface area contributed by atoms with Gasteiger partial charge in [0.25, 0.3) is 0 Å². The van der Waals surface area contributed by atoms with Crippen LogP contribution in [0.15, 0.2) is 36.4 Å². The Kier molecular flexibility index (Phi) is 6.03. The van der Waals surface area contributed by atoms with E-state index < -0.39 is 0 Å². The third kappa shape index (κ3) is 4.79. The fourth-order valence-electron chi connectivity index (χ4n) is 4.01. The molecular formula is C21H28N2O2. The zero-order valence-electron chi connectivity index (χ0n) is 15.1. The van der Waals surface area contributed by atoms with E-state index in [1.54, 1.807) is 6.08 Å². The molecule has 0 spiro atoms. The summed E-state index contributed by atoms with van der Waals surface area (Å²) in [4.78, 5) is 29.2. The first-order valence-corrected chi connectivity index (χ1v) is 9.39. The number of amides is 1. The summed E-state index contributed by atoms with van der Waals surface area (Å²) in [5.41, 5.74) is 1.02. The van der Waals surface area contributed by atoms with Gasteiger partial charge in [0, 0.05) is 37.5 Å². The number of Topliss-reactive ketones (excluding diaryl/α,β-unsaturated/α-hetero) is 1. The van der Waals surface area contributed by atoms with Crippen molar-refractivity contribution in [3.05, 3.63) is 42.0 Å². The fourth-order valence-corrected chi connectivity index (χ4v) is 4.01. The number of likely N-dealkylation sites (tertiary alicyclic amines) is 2. The van der Waals surface area contributed by atoms with Crippen molar-refractivity contribution in [2.24, 2.45) is 0 Å². The molecule has 1 aromatic rings. The van der Waals surface area contributed by atoms with E-state index in [0.717, 1.165) is 37.9 Å². The third-order valence-corrected chi connectivity index (χ3v) is 5.48. The fraction of sp³-hybridized carbons (Fsp3) is 0.524. The van der Waals surface area contributed by atoms with Crippen molar-refractivity contribution in [2.75, 3.05) is 20.1 Å². The van der Waals surface area contributed by atoms with Gasteiger partial charge < -0.3 is 9.80 Å².